The molecule has 2 N–H and O–H groups in total. The van der Waals surface area contributed by atoms with Gasteiger partial charge in [-0.1, -0.05) is 18.2 Å². The van der Waals surface area contributed by atoms with Crippen LogP contribution in [0.15, 0.2) is 53.4 Å². The van der Waals surface area contributed by atoms with Crippen molar-refractivity contribution in [3.63, 3.8) is 0 Å². The lowest BCUT2D eigenvalue weighted by molar-refractivity contribution is -0.917. The molecule has 29 heavy (non-hydrogen) atoms. The van der Waals surface area contributed by atoms with E-state index in [0.29, 0.717) is 24.5 Å². The Morgan fingerprint density at radius 2 is 1.86 bits per heavy atom. The Morgan fingerprint density at radius 1 is 1.17 bits per heavy atom. The first-order valence-corrected chi connectivity index (χ1v) is 10.8. The maximum Gasteiger partial charge on any atom is 0.282 e. The van der Waals surface area contributed by atoms with Gasteiger partial charge in [0.25, 0.3) is 5.91 Å². The third-order valence-electron chi connectivity index (χ3n) is 5.16. The Labute approximate surface area is 170 Å². The molecular weight excluding hydrogens is 397 g/mol. The van der Waals surface area contributed by atoms with Crippen LogP contribution in [0.5, 0.6) is 5.75 Å². The zero-order valence-electron chi connectivity index (χ0n) is 16.4. The van der Waals surface area contributed by atoms with E-state index in [4.69, 9.17) is 4.74 Å². The van der Waals surface area contributed by atoms with Crippen molar-refractivity contribution in [1.29, 1.82) is 0 Å². The van der Waals surface area contributed by atoms with Gasteiger partial charge in [0.15, 0.2) is 6.04 Å². The molecule has 0 radical (unpaired) electrons. The first kappa shape index (κ1) is 21.2. The van der Waals surface area contributed by atoms with E-state index in [9.17, 15) is 17.6 Å². The molecule has 0 spiro atoms. The number of hydrogen-bond acceptors (Lipinski definition) is 4. The number of halogens is 1. The predicted molar refractivity (Wildman–Crippen MR) is 107 cm³/mol. The number of methoxy groups -OCH3 is 1. The average Bonchev–Trinajstić information content (AvgIpc) is 2.73. The highest BCUT2D eigenvalue weighted by atomic mass is 32.2. The van der Waals surface area contributed by atoms with Gasteiger partial charge in [0.2, 0.25) is 10.0 Å². The summed E-state index contributed by atoms with van der Waals surface area (Å²) in [5.74, 6) is -0.262. The third kappa shape index (κ3) is 4.75. The normalized spacial score (nSPS) is 16.9. The first-order chi connectivity index (χ1) is 13.8. The maximum absolute atomic E-state index is 13.9. The minimum Gasteiger partial charge on any atom is -0.497 e. The van der Waals surface area contributed by atoms with Crippen molar-refractivity contribution >= 4 is 21.6 Å². The van der Waals surface area contributed by atoms with Gasteiger partial charge in [-0.05, 0) is 31.2 Å². The molecule has 3 rings (SSSR count). The molecule has 9 heteroatoms. The first-order valence-electron chi connectivity index (χ1n) is 9.37. The van der Waals surface area contributed by atoms with Crippen molar-refractivity contribution in [3.05, 3.63) is 54.3 Å². The van der Waals surface area contributed by atoms with E-state index in [-0.39, 0.29) is 29.9 Å². The van der Waals surface area contributed by atoms with Crippen LogP contribution in [0, 0.1) is 5.82 Å². The number of nitrogens with one attached hydrogen (secondary N) is 2. The predicted octanol–water partition coefficient (Wildman–Crippen LogP) is 0.751. The maximum atomic E-state index is 13.9. The monoisotopic (exact) mass is 422 g/mol. The Morgan fingerprint density at radius 3 is 2.52 bits per heavy atom. The van der Waals surface area contributed by atoms with Gasteiger partial charge in [-0.2, -0.15) is 4.31 Å². The SMILES string of the molecule is COc1cccc(NC(=O)[C@H](C)[NH+]2CCN(S(=O)(=O)c3ccccc3F)CC2)c1. The van der Waals surface area contributed by atoms with Gasteiger partial charge in [-0.3, -0.25) is 4.79 Å². The number of hydrogen-bond donors (Lipinski definition) is 2. The number of quaternary nitrogens is 1. The molecule has 1 fully saturated rings. The molecule has 0 unspecified atom stereocenters. The summed E-state index contributed by atoms with van der Waals surface area (Å²) in [6.07, 6.45) is 0. The molecule has 156 valence electrons. The highest BCUT2D eigenvalue weighted by molar-refractivity contribution is 7.89. The summed E-state index contributed by atoms with van der Waals surface area (Å²) < 4.78 is 45.8. The number of rotatable bonds is 6. The molecule has 1 aliphatic rings. The Balaban J connectivity index is 1.61. The molecule has 1 amide bonds. The van der Waals surface area contributed by atoms with E-state index in [2.05, 4.69) is 5.32 Å². The zero-order valence-corrected chi connectivity index (χ0v) is 17.2. The summed E-state index contributed by atoms with van der Waals surface area (Å²) >= 11 is 0. The van der Waals surface area contributed by atoms with Crippen LogP contribution in [0.4, 0.5) is 10.1 Å². The number of carbonyl (C=O) groups is 1. The quantitative estimate of drug-likeness (QED) is 0.720. The number of ether oxygens (including phenoxy) is 1. The van der Waals surface area contributed by atoms with Crippen molar-refractivity contribution in [3.8, 4) is 5.75 Å². The minimum atomic E-state index is -3.89. The lowest BCUT2D eigenvalue weighted by Crippen LogP contribution is -3.19. The van der Waals surface area contributed by atoms with Crippen LogP contribution in [0.25, 0.3) is 0 Å². The van der Waals surface area contributed by atoms with Crippen molar-refractivity contribution < 1.29 is 27.2 Å². The number of piperazine rings is 1. The standard InChI is InChI=1S/C20H24FN3O4S/c1-15(20(25)22-16-6-5-7-17(14-16)28-2)23-10-12-24(13-11-23)29(26,27)19-9-4-3-8-18(19)21/h3-9,14-15H,10-13H2,1-2H3,(H,22,25)/p+1/t15-/m0/s1. The number of benzene rings is 2. The number of sulfonamides is 1. The molecule has 1 heterocycles. The molecular formula is C20H25FN3O4S+. The molecule has 0 bridgehead atoms. The van der Waals surface area contributed by atoms with E-state index in [0.717, 1.165) is 11.0 Å². The van der Waals surface area contributed by atoms with Gasteiger partial charge >= 0.3 is 0 Å². The second kappa shape index (κ2) is 8.89. The summed E-state index contributed by atoms with van der Waals surface area (Å²) in [7, 11) is -2.33. The van der Waals surface area contributed by atoms with E-state index < -0.39 is 15.8 Å². The van der Waals surface area contributed by atoms with Crippen LogP contribution >= 0.6 is 0 Å². The summed E-state index contributed by atoms with van der Waals surface area (Å²) in [5.41, 5.74) is 0.640. The highest BCUT2D eigenvalue weighted by Crippen LogP contribution is 2.19. The second-order valence-corrected chi connectivity index (χ2v) is 8.84. The van der Waals surface area contributed by atoms with Crippen molar-refractivity contribution in [2.75, 3.05) is 38.6 Å². The van der Waals surface area contributed by atoms with E-state index in [1.54, 1.807) is 31.4 Å². The van der Waals surface area contributed by atoms with Crippen LogP contribution in [0.1, 0.15) is 6.92 Å². The van der Waals surface area contributed by atoms with Gasteiger partial charge in [-0.15, -0.1) is 0 Å². The van der Waals surface area contributed by atoms with E-state index in [1.807, 2.05) is 6.92 Å². The van der Waals surface area contributed by atoms with E-state index in [1.165, 1.54) is 22.5 Å². The number of nitrogens with zero attached hydrogens (tertiary/aromatic N) is 1. The average molecular weight is 423 g/mol. The molecule has 0 aromatic heterocycles. The molecule has 2 aromatic rings. The second-order valence-electron chi connectivity index (χ2n) is 6.94. The summed E-state index contributed by atoms with van der Waals surface area (Å²) in [4.78, 5) is 13.3. The minimum absolute atomic E-state index is 0.154. The van der Waals surface area contributed by atoms with Crippen LogP contribution in [0.3, 0.4) is 0 Å². The number of anilines is 1. The summed E-state index contributed by atoms with van der Waals surface area (Å²) in [5, 5.41) is 2.87. The van der Waals surface area contributed by atoms with Crippen LogP contribution < -0.4 is 15.0 Å². The van der Waals surface area contributed by atoms with Crippen molar-refractivity contribution in [1.82, 2.24) is 4.31 Å². The fraction of sp³-hybridized carbons (Fsp3) is 0.350. The Hall–Kier alpha value is -2.49. The van der Waals surface area contributed by atoms with Crippen molar-refractivity contribution in [2.24, 2.45) is 0 Å². The Bertz CT molecular complexity index is 975. The van der Waals surface area contributed by atoms with Gasteiger partial charge in [0, 0.05) is 11.8 Å². The highest BCUT2D eigenvalue weighted by Gasteiger charge is 2.35. The van der Waals surface area contributed by atoms with Crippen LogP contribution in [0.2, 0.25) is 0 Å². The topological polar surface area (TPSA) is 80.2 Å². The largest absolute Gasteiger partial charge is 0.497 e. The summed E-state index contributed by atoms with van der Waals surface area (Å²) in [6.45, 7) is 3.18. The van der Waals surface area contributed by atoms with Gasteiger partial charge in [0.1, 0.15) is 16.5 Å². The molecule has 1 aliphatic heterocycles. The number of amides is 1. The van der Waals surface area contributed by atoms with Gasteiger partial charge in [0.05, 0.1) is 33.3 Å². The lowest BCUT2D eigenvalue weighted by Gasteiger charge is -2.34. The summed E-state index contributed by atoms with van der Waals surface area (Å²) in [6, 6.07) is 12.1. The van der Waals surface area contributed by atoms with Crippen LogP contribution in [-0.2, 0) is 14.8 Å². The Kier molecular flexibility index (Phi) is 6.51. The molecule has 0 aliphatic carbocycles. The van der Waals surface area contributed by atoms with Gasteiger partial charge in [-0.25, -0.2) is 12.8 Å². The fourth-order valence-electron chi connectivity index (χ4n) is 3.38. The molecule has 7 nitrogen and oxygen atoms in total. The lowest BCUT2D eigenvalue weighted by atomic mass is 10.2. The third-order valence-corrected chi connectivity index (χ3v) is 7.09. The molecule has 0 saturated carbocycles. The molecule has 2 aromatic carbocycles. The zero-order chi connectivity index (χ0) is 21.0. The van der Waals surface area contributed by atoms with Crippen molar-refractivity contribution in [2.45, 2.75) is 17.9 Å². The smallest absolute Gasteiger partial charge is 0.282 e. The van der Waals surface area contributed by atoms with E-state index >= 15 is 0 Å². The fourth-order valence-corrected chi connectivity index (χ4v) is 4.88. The van der Waals surface area contributed by atoms with Crippen LogP contribution in [-0.4, -0.2) is 58.0 Å². The molecule has 1 saturated heterocycles. The van der Waals surface area contributed by atoms with Gasteiger partial charge < -0.3 is 15.0 Å². The number of carbonyl (C=O) groups excluding carboxylic acids is 1. The molecule has 1 atom stereocenters.